The van der Waals surface area contributed by atoms with Crippen molar-refractivity contribution in [3.63, 3.8) is 0 Å². The van der Waals surface area contributed by atoms with Crippen LogP contribution in [-0.2, 0) is 0 Å². The van der Waals surface area contributed by atoms with E-state index in [0.717, 1.165) is 10.2 Å². The van der Waals surface area contributed by atoms with Gasteiger partial charge in [-0.1, -0.05) is 22.9 Å². The van der Waals surface area contributed by atoms with Gasteiger partial charge in [-0.2, -0.15) is 0 Å². The van der Waals surface area contributed by atoms with E-state index < -0.39 is 0 Å². The second-order valence-electron chi connectivity index (χ2n) is 5.47. The fourth-order valence-corrected chi connectivity index (χ4v) is 3.17. The van der Waals surface area contributed by atoms with Crippen LogP contribution in [0.2, 0.25) is 5.02 Å². The van der Waals surface area contributed by atoms with Crippen molar-refractivity contribution in [3.05, 3.63) is 47.5 Å². The lowest BCUT2D eigenvalue weighted by Gasteiger charge is -2.10. The highest BCUT2D eigenvalue weighted by atomic mass is 35.5. The summed E-state index contributed by atoms with van der Waals surface area (Å²) in [6.07, 6.45) is 0. The summed E-state index contributed by atoms with van der Waals surface area (Å²) in [4.78, 5) is 16.1. The second-order valence-corrected chi connectivity index (χ2v) is 6.90. The number of hydrogen-bond acceptors (Lipinski definition) is 4. The zero-order valence-electron chi connectivity index (χ0n) is 13.2. The molecule has 0 aliphatic carbocycles. The van der Waals surface area contributed by atoms with Gasteiger partial charge in [-0.05, 0) is 56.3 Å². The number of thiazole rings is 1. The Labute approximate surface area is 148 Å². The van der Waals surface area contributed by atoms with Crippen molar-refractivity contribution in [2.45, 2.75) is 19.9 Å². The number of anilines is 1. The molecule has 0 aliphatic heterocycles. The lowest BCUT2D eigenvalue weighted by Crippen LogP contribution is -2.34. The molecule has 1 heterocycles. The van der Waals surface area contributed by atoms with Crippen LogP contribution in [0.1, 0.15) is 13.8 Å². The van der Waals surface area contributed by atoms with Gasteiger partial charge >= 0.3 is 6.03 Å². The van der Waals surface area contributed by atoms with Gasteiger partial charge in [0, 0.05) is 16.8 Å². The lowest BCUT2D eigenvalue weighted by molar-refractivity contribution is 0.250. The van der Waals surface area contributed by atoms with Crippen LogP contribution in [0.3, 0.4) is 0 Å². The molecule has 2 aromatic carbocycles. The SMILES string of the molecule is CC(C)NC(=O)Nc1ccc(Oc2nc3ccc(Cl)cc3s2)cc1. The Hall–Kier alpha value is -2.31. The number of rotatable bonds is 4. The summed E-state index contributed by atoms with van der Waals surface area (Å²) in [7, 11) is 0. The van der Waals surface area contributed by atoms with Gasteiger partial charge in [0.1, 0.15) is 5.75 Å². The maximum atomic E-state index is 11.7. The Morgan fingerprint density at radius 2 is 1.96 bits per heavy atom. The number of benzene rings is 2. The standard InChI is InChI=1S/C17H16ClN3O2S/c1-10(2)19-16(22)20-12-4-6-13(7-5-12)23-17-21-14-8-3-11(18)9-15(14)24-17/h3-10H,1-2H3,(H2,19,20,22). The van der Waals surface area contributed by atoms with E-state index in [2.05, 4.69) is 15.6 Å². The minimum atomic E-state index is -0.235. The van der Waals surface area contributed by atoms with E-state index in [1.54, 1.807) is 30.3 Å². The van der Waals surface area contributed by atoms with Crippen molar-refractivity contribution in [3.8, 4) is 10.9 Å². The smallest absolute Gasteiger partial charge is 0.319 e. The van der Waals surface area contributed by atoms with Crippen LogP contribution in [0, 0.1) is 0 Å². The number of nitrogens with one attached hydrogen (secondary N) is 2. The van der Waals surface area contributed by atoms with Crippen molar-refractivity contribution in [2.24, 2.45) is 0 Å². The van der Waals surface area contributed by atoms with Gasteiger partial charge in [-0.25, -0.2) is 9.78 Å². The van der Waals surface area contributed by atoms with Crippen molar-refractivity contribution in [1.82, 2.24) is 10.3 Å². The van der Waals surface area contributed by atoms with Crippen LogP contribution >= 0.6 is 22.9 Å². The predicted molar refractivity (Wildman–Crippen MR) is 98.4 cm³/mol. The fraction of sp³-hybridized carbons (Fsp3) is 0.176. The zero-order valence-corrected chi connectivity index (χ0v) is 14.7. The molecule has 0 unspecified atom stereocenters. The molecule has 0 spiro atoms. The van der Waals surface area contributed by atoms with Gasteiger partial charge in [0.15, 0.2) is 0 Å². The first-order valence-electron chi connectivity index (χ1n) is 7.41. The number of urea groups is 1. The number of nitrogens with zero attached hydrogens (tertiary/aromatic N) is 1. The first kappa shape index (κ1) is 16.5. The third-order valence-electron chi connectivity index (χ3n) is 3.07. The van der Waals surface area contributed by atoms with E-state index in [0.29, 0.717) is 21.7 Å². The summed E-state index contributed by atoms with van der Waals surface area (Å²) in [6, 6.07) is 12.5. The van der Waals surface area contributed by atoms with Crippen molar-refractivity contribution in [1.29, 1.82) is 0 Å². The van der Waals surface area contributed by atoms with Gasteiger partial charge in [0.25, 0.3) is 5.19 Å². The van der Waals surface area contributed by atoms with E-state index in [4.69, 9.17) is 16.3 Å². The number of fused-ring (bicyclic) bond motifs is 1. The van der Waals surface area contributed by atoms with Crippen LogP contribution in [0.15, 0.2) is 42.5 Å². The zero-order chi connectivity index (χ0) is 17.1. The number of hydrogen-bond donors (Lipinski definition) is 2. The Morgan fingerprint density at radius 3 is 2.67 bits per heavy atom. The second kappa shape index (κ2) is 7.07. The van der Waals surface area contributed by atoms with Gasteiger partial charge < -0.3 is 15.4 Å². The largest absolute Gasteiger partial charge is 0.431 e. The number of ether oxygens (including phenoxy) is 1. The monoisotopic (exact) mass is 361 g/mol. The van der Waals surface area contributed by atoms with E-state index >= 15 is 0 Å². The quantitative estimate of drug-likeness (QED) is 0.665. The number of carbonyl (C=O) groups excluding carboxylic acids is 1. The summed E-state index contributed by atoms with van der Waals surface area (Å²) in [6.45, 7) is 3.81. The molecule has 0 saturated heterocycles. The molecule has 1 aromatic heterocycles. The number of amides is 2. The number of aromatic nitrogens is 1. The van der Waals surface area contributed by atoms with E-state index in [9.17, 15) is 4.79 Å². The molecule has 7 heteroatoms. The number of halogens is 1. The fourth-order valence-electron chi connectivity index (χ4n) is 2.06. The van der Waals surface area contributed by atoms with Crippen molar-refractivity contribution in [2.75, 3.05) is 5.32 Å². The summed E-state index contributed by atoms with van der Waals surface area (Å²) in [5.74, 6) is 0.648. The molecule has 5 nitrogen and oxygen atoms in total. The van der Waals surface area contributed by atoms with Crippen molar-refractivity contribution >= 4 is 44.9 Å². The maximum absolute atomic E-state index is 11.7. The molecular formula is C17H16ClN3O2S. The third-order valence-corrected chi connectivity index (χ3v) is 4.20. The predicted octanol–water partition coefficient (Wildman–Crippen LogP) is 5.27. The lowest BCUT2D eigenvalue weighted by atomic mass is 10.3. The topological polar surface area (TPSA) is 63.2 Å². The Kier molecular flexibility index (Phi) is 4.87. The molecule has 0 aliphatic rings. The summed E-state index contributed by atoms with van der Waals surface area (Å²) >= 11 is 7.41. The van der Waals surface area contributed by atoms with Gasteiger partial charge in [0.05, 0.1) is 10.2 Å². The van der Waals surface area contributed by atoms with Crippen LogP contribution < -0.4 is 15.4 Å². The van der Waals surface area contributed by atoms with Gasteiger partial charge in [0.2, 0.25) is 0 Å². The molecule has 0 saturated carbocycles. The molecule has 2 N–H and O–H groups in total. The van der Waals surface area contributed by atoms with Crippen LogP contribution in [0.5, 0.6) is 10.9 Å². The molecular weight excluding hydrogens is 346 g/mol. The molecule has 0 radical (unpaired) electrons. The van der Waals surface area contributed by atoms with Crippen molar-refractivity contribution < 1.29 is 9.53 Å². The average Bonchev–Trinajstić information content (AvgIpc) is 2.89. The molecule has 3 rings (SSSR count). The average molecular weight is 362 g/mol. The van der Waals surface area contributed by atoms with Crippen LogP contribution in [-0.4, -0.2) is 17.1 Å². The molecule has 24 heavy (non-hydrogen) atoms. The normalized spacial score (nSPS) is 10.8. The third kappa shape index (κ3) is 4.15. The molecule has 2 amide bonds. The van der Waals surface area contributed by atoms with Gasteiger partial charge in [-0.3, -0.25) is 0 Å². The maximum Gasteiger partial charge on any atom is 0.319 e. The first-order valence-corrected chi connectivity index (χ1v) is 8.60. The summed E-state index contributed by atoms with van der Waals surface area (Å²) in [5.41, 5.74) is 1.54. The highest BCUT2D eigenvalue weighted by molar-refractivity contribution is 7.20. The van der Waals surface area contributed by atoms with E-state index in [1.807, 2.05) is 26.0 Å². The van der Waals surface area contributed by atoms with E-state index in [1.165, 1.54) is 11.3 Å². The minimum absolute atomic E-state index is 0.0835. The van der Waals surface area contributed by atoms with Crippen LogP contribution in [0.25, 0.3) is 10.2 Å². The highest BCUT2D eigenvalue weighted by Crippen LogP contribution is 2.33. The molecule has 0 bridgehead atoms. The summed E-state index contributed by atoms with van der Waals surface area (Å²) < 4.78 is 6.74. The minimum Gasteiger partial charge on any atom is -0.431 e. The summed E-state index contributed by atoms with van der Waals surface area (Å²) in [5, 5.41) is 6.74. The Morgan fingerprint density at radius 1 is 1.21 bits per heavy atom. The Bertz CT molecular complexity index is 862. The Balaban J connectivity index is 1.67. The molecule has 124 valence electrons. The van der Waals surface area contributed by atoms with Gasteiger partial charge in [-0.15, -0.1) is 0 Å². The van der Waals surface area contributed by atoms with Crippen LogP contribution in [0.4, 0.5) is 10.5 Å². The molecule has 3 aromatic rings. The number of carbonyl (C=O) groups is 1. The molecule has 0 atom stereocenters. The first-order chi connectivity index (χ1) is 11.5. The van der Waals surface area contributed by atoms with E-state index in [-0.39, 0.29) is 12.1 Å². The highest BCUT2D eigenvalue weighted by Gasteiger charge is 2.07. The molecule has 0 fully saturated rings.